The molecule has 0 N–H and O–H groups in total. The number of carbonyl (C=O) groups is 1. The average Bonchev–Trinajstić information content (AvgIpc) is 2.52. The Morgan fingerprint density at radius 3 is 2.32 bits per heavy atom. The molecule has 0 radical (unpaired) electrons. The Bertz CT molecular complexity index is 682. The molecule has 0 saturated heterocycles. The van der Waals surface area contributed by atoms with E-state index in [1.54, 1.807) is 19.1 Å². The van der Waals surface area contributed by atoms with Crippen LogP contribution in [0.3, 0.4) is 0 Å². The zero-order valence-electron chi connectivity index (χ0n) is 15.1. The molecule has 25 heavy (non-hydrogen) atoms. The molecule has 6 nitrogen and oxygen atoms in total. The van der Waals surface area contributed by atoms with Gasteiger partial charge in [-0.15, -0.1) is 0 Å². The molecule has 0 aliphatic heterocycles. The quantitative estimate of drug-likeness (QED) is 0.344. The summed E-state index contributed by atoms with van der Waals surface area (Å²) in [4.78, 5) is 12.0. The third-order valence-electron chi connectivity index (χ3n) is 3.46. The van der Waals surface area contributed by atoms with Crippen LogP contribution in [0.1, 0.15) is 32.8 Å². The molecule has 0 saturated carbocycles. The smallest absolute Gasteiger partial charge is 0.369 e. The molecule has 0 spiro atoms. The van der Waals surface area contributed by atoms with Crippen LogP contribution in [-0.4, -0.2) is 33.5 Å². The topological polar surface area (TPSA) is 86.7 Å². The zero-order valence-corrected chi connectivity index (χ0v) is 16.8. The van der Waals surface area contributed by atoms with E-state index in [1.807, 2.05) is 20.8 Å². The van der Waals surface area contributed by atoms with Crippen molar-refractivity contribution in [2.45, 2.75) is 39.0 Å². The Morgan fingerprint density at radius 2 is 1.80 bits per heavy atom. The largest absolute Gasteiger partial charge is 0.466 e. The van der Waals surface area contributed by atoms with Gasteiger partial charge in [0.05, 0.1) is 11.5 Å². The molecular formula is C17H26O6PS+. The Balaban J connectivity index is 2.67. The minimum atomic E-state index is -3.96. The predicted molar refractivity (Wildman–Crippen MR) is 96.4 cm³/mol. The summed E-state index contributed by atoms with van der Waals surface area (Å²) in [5.41, 5.74) is 0.927. The number of rotatable bonds is 10. The first-order chi connectivity index (χ1) is 11.7. The molecule has 0 aliphatic rings. The highest BCUT2D eigenvalue weighted by atomic mass is 32.2. The number of hydrogen-bond donors (Lipinski definition) is 0. The Labute approximate surface area is 150 Å². The fraction of sp³-hybridized carbons (Fsp3) is 0.588. The second-order valence-electron chi connectivity index (χ2n) is 6.26. The third kappa shape index (κ3) is 7.63. The van der Waals surface area contributed by atoms with Crippen molar-refractivity contribution in [3.8, 4) is 0 Å². The highest BCUT2D eigenvalue weighted by Gasteiger charge is 2.32. The number of aryl methyl sites for hydroxylation is 1. The standard InChI is InChI=1S/C17H26O6PS/c1-5-22-17(18)15(10-13(2)3)11-24(19)12-23-25(20,21)16-8-6-14(4)7-9-16/h6-9,13,15H,5,10-12H2,1-4H3/q+1. The van der Waals surface area contributed by atoms with Crippen LogP contribution in [0.4, 0.5) is 0 Å². The lowest BCUT2D eigenvalue weighted by atomic mass is 9.99. The number of hydrogen-bond acceptors (Lipinski definition) is 6. The molecule has 1 rings (SSSR count). The van der Waals surface area contributed by atoms with E-state index in [2.05, 4.69) is 0 Å². The number of benzene rings is 1. The van der Waals surface area contributed by atoms with E-state index in [-0.39, 0.29) is 23.6 Å². The van der Waals surface area contributed by atoms with Crippen LogP contribution in [0.5, 0.6) is 0 Å². The SMILES string of the molecule is CCOC(=O)C(CC(C)C)C[P+](=O)COS(=O)(=O)c1ccc(C)cc1. The van der Waals surface area contributed by atoms with Crippen LogP contribution in [0.2, 0.25) is 0 Å². The van der Waals surface area contributed by atoms with Gasteiger partial charge >= 0.3 is 23.9 Å². The molecule has 140 valence electrons. The summed E-state index contributed by atoms with van der Waals surface area (Å²) in [7, 11) is -5.97. The van der Waals surface area contributed by atoms with Crippen LogP contribution >= 0.6 is 7.80 Å². The van der Waals surface area contributed by atoms with Crippen LogP contribution in [0.25, 0.3) is 0 Å². The lowest BCUT2D eigenvalue weighted by Gasteiger charge is -2.13. The highest BCUT2D eigenvalue weighted by molar-refractivity contribution is 7.87. The molecule has 0 aromatic heterocycles. The first-order valence-corrected chi connectivity index (χ1v) is 11.2. The molecule has 0 amide bonds. The zero-order chi connectivity index (χ0) is 19.0. The van der Waals surface area contributed by atoms with Crippen LogP contribution in [-0.2, 0) is 28.4 Å². The van der Waals surface area contributed by atoms with Gasteiger partial charge in [-0.2, -0.15) is 8.42 Å². The van der Waals surface area contributed by atoms with Gasteiger partial charge in [-0.3, -0.25) is 4.79 Å². The maximum atomic E-state index is 12.2. The molecule has 0 heterocycles. The monoisotopic (exact) mass is 389 g/mol. The molecule has 2 atom stereocenters. The summed E-state index contributed by atoms with van der Waals surface area (Å²) in [5, 5.41) is 0. The molecule has 1 aromatic rings. The Kier molecular flexibility index (Phi) is 8.69. The molecule has 0 aliphatic carbocycles. The third-order valence-corrected chi connectivity index (χ3v) is 6.18. The lowest BCUT2D eigenvalue weighted by Crippen LogP contribution is -2.22. The second kappa shape index (κ2) is 10.00. The van der Waals surface area contributed by atoms with Crippen molar-refractivity contribution in [3.05, 3.63) is 29.8 Å². The minimum absolute atomic E-state index is 0.0191. The van der Waals surface area contributed by atoms with Gasteiger partial charge in [0.25, 0.3) is 6.35 Å². The van der Waals surface area contributed by atoms with Gasteiger partial charge in [-0.1, -0.05) is 36.1 Å². The van der Waals surface area contributed by atoms with Crippen molar-refractivity contribution in [3.63, 3.8) is 0 Å². The number of esters is 1. The van der Waals surface area contributed by atoms with Crippen LogP contribution in [0.15, 0.2) is 29.2 Å². The Hall–Kier alpha value is -1.30. The van der Waals surface area contributed by atoms with Crippen molar-refractivity contribution in [1.82, 2.24) is 0 Å². The molecular weight excluding hydrogens is 363 g/mol. The van der Waals surface area contributed by atoms with E-state index >= 15 is 0 Å². The van der Waals surface area contributed by atoms with Gasteiger partial charge in [0.15, 0.2) is 6.16 Å². The van der Waals surface area contributed by atoms with Gasteiger partial charge in [-0.25, -0.2) is 4.18 Å². The van der Waals surface area contributed by atoms with Gasteiger partial charge in [0, 0.05) is 0 Å². The minimum Gasteiger partial charge on any atom is -0.466 e. The fourth-order valence-electron chi connectivity index (χ4n) is 2.27. The van der Waals surface area contributed by atoms with E-state index in [9.17, 15) is 17.8 Å². The van der Waals surface area contributed by atoms with E-state index in [0.29, 0.717) is 6.42 Å². The van der Waals surface area contributed by atoms with E-state index in [0.717, 1.165) is 5.56 Å². The van der Waals surface area contributed by atoms with Crippen molar-refractivity contribution in [2.75, 3.05) is 19.1 Å². The summed E-state index contributed by atoms with van der Waals surface area (Å²) in [6.45, 7) is 7.72. The lowest BCUT2D eigenvalue weighted by molar-refractivity contribution is -0.147. The fourth-order valence-corrected chi connectivity index (χ4v) is 4.80. The van der Waals surface area contributed by atoms with Crippen molar-refractivity contribution >= 4 is 23.9 Å². The molecule has 0 fully saturated rings. The van der Waals surface area contributed by atoms with Gasteiger partial charge in [0.2, 0.25) is 0 Å². The Morgan fingerprint density at radius 1 is 1.20 bits per heavy atom. The maximum absolute atomic E-state index is 12.2. The summed E-state index contributed by atoms with van der Waals surface area (Å²) >= 11 is 0. The summed E-state index contributed by atoms with van der Waals surface area (Å²) in [6.07, 6.45) is 0.139. The van der Waals surface area contributed by atoms with Gasteiger partial charge in [-0.05, 0) is 38.3 Å². The average molecular weight is 389 g/mol. The van der Waals surface area contributed by atoms with E-state index in [1.165, 1.54) is 12.1 Å². The first-order valence-electron chi connectivity index (χ1n) is 8.20. The number of carbonyl (C=O) groups excluding carboxylic acids is 1. The van der Waals surface area contributed by atoms with E-state index in [4.69, 9.17) is 8.92 Å². The summed E-state index contributed by atoms with van der Waals surface area (Å²) in [6, 6.07) is 6.21. The van der Waals surface area contributed by atoms with Gasteiger partial charge in [0.1, 0.15) is 5.92 Å². The van der Waals surface area contributed by atoms with Crippen molar-refractivity contribution in [2.24, 2.45) is 11.8 Å². The molecule has 2 unspecified atom stereocenters. The van der Waals surface area contributed by atoms with E-state index < -0.39 is 36.2 Å². The number of ether oxygens (including phenoxy) is 1. The van der Waals surface area contributed by atoms with Gasteiger partial charge < -0.3 is 4.74 Å². The van der Waals surface area contributed by atoms with Crippen molar-refractivity contribution in [1.29, 1.82) is 0 Å². The van der Waals surface area contributed by atoms with Crippen LogP contribution < -0.4 is 0 Å². The first kappa shape index (κ1) is 21.7. The summed E-state index contributed by atoms with van der Waals surface area (Å²) in [5.74, 6) is -0.690. The highest BCUT2D eigenvalue weighted by Crippen LogP contribution is 2.30. The predicted octanol–water partition coefficient (Wildman–Crippen LogP) is 3.71. The molecule has 1 aromatic carbocycles. The normalized spacial score (nSPS) is 13.6. The maximum Gasteiger partial charge on any atom is 0.369 e. The summed E-state index contributed by atoms with van der Waals surface area (Å²) < 4.78 is 46.3. The molecule has 0 bridgehead atoms. The molecule has 8 heteroatoms. The van der Waals surface area contributed by atoms with Crippen molar-refractivity contribution < 1.29 is 26.7 Å². The van der Waals surface area contributed by atoms with Crippen LogP contribution in [0, 0.1) is 18.8 Å². The second-order valence-corrected chi connectivity index (χ2v) is 9.46.